The van der Waals surface area contributed by atoms with E-state index in [2.05, 4.69) is 5.32 Å². The molecule has 4 fully saturated rings. The first-order valence-electron chi connectivity index (χ1n) is 7.07. The number of aliphatic carboxylic acids is 1. The highest BCUT2D eigenvalue weighted by atomic mass is 16.6. The molecule has 4 aliphatic rings. The molecule has 1 atom stereocenters. The molecule has 4 bridgehead atoms. The molecule has 0 heterocycles. The van der Waals surface area contributed by atoms with E-state index in [1.54, 1.807) is 0 Å². The zero-order valence-corrected chi connectivity index (χ0v) is 11.1. The van der Waals surface area contributed by atoms with Crippen LogP contribution in [0.25, 0.3) is 0 Å². The molecule has 0 saturated heterocycles. The molecule has 4 saturated carbocycles. The lowest BCUT2D eigenvalue weighted by atomic mass is 9.53. The molecule has 1 unspecified atom stereocenters. The number of nitrogens with one attached hydrogen (secondary N) is 1. The van der Waals surface area contributed by atoms with Crippen LogP contribution in [0.4, 0.5) is 0 Å². The van der Waals surface area contributed by atoms with Crippen LogP contribution >= 0.6 is 0 Å². The highest BCUT2D eigenvalue weighted by molar-refractivity contribution is 5.99. The Labute approximate surface area is 115 Å². The van der Waals surface area contributed by atoms with Crippen LogP contribution in [0.2, 0.25) is 0 Å². The van der Waals surface area contributed by atoms with Crippen molar-refractivity contribution in [2.45, 2.75) is 50.1 Å². The summed E-state index contributed by atoms with van der Waals surface area (Å²) in [6.45, 7) is 0. The van der Waals surface area contributed by atoms with Gasteiger partial charge in [0.15, 0.2) is 0 Å². The highest BCUT2D eigenvalue weighted by Gasteiger charge is 2.53. The van der Waals surface area contributed by atoms with Crippen LogP contribution < -0.4 is 5.32 Å². The molecule has 4 rings (SSSR count). The minimum atomic E-state index is -2.19. The van der Waals surface area contributed by atoms with E-state index in [-0.39, 0.29) is 0 Å². The predicted molar refractivity (Wildman–Crippen MR) is 67.5 cm³/mol. The van der Waals surface area contributed by atoms with Crippen LogP contribution in [0.5, 0.6) is 0 Å². The van der Waals surface area contributed by atoms with Crippen molar-refractivity contribution in [2.75, 3.05) is 0 Å². The smallest absolute Gasteiger partial charge is 0.389 e. The third-order valence-corrected chi connectivity index (χ3v) is 5.12. The number of nitro groups is 1. The molecule has 1 amide bonds. The molecule has 0 aromatic rings. The summed E-state index contributed by atoms with van der Waals surface area (Å²) in [5, 5.41) is 22.3. The van der Waals surface area contributed by atoms with Gasteiger partial charge in [-0.05, 0) is 56.3 Å². The van der Waals surface area contributed by atoms with Crippen molar-refractivity contribution in [2.24, 2.45) is 17.8 Å². The van der Waals surface area contributed by atoms with E-state index < -0.39 is 28.4 Å². The first-order valence-corrected chi connectivity index (χ1v) is 7.07. The van der Waals surface area contributed by atoms with Gasteiger partial charge in [0.2, 0.25) is 0 Å². The fourth-order valence-corrected chi connectivity index (χ4v) is 4.89. The van der Waals surface area contributed by atoms with Gasteiger partial charge in [-0.25, -0.2) is 4.79 Å². The Morgan fingerprint density at radius 1 is 1.15 bits per heavy atom. The molecule has 0 radical (unpaired) electrons. The second-order valence-corrected chi connectivity index (χ2v) is 6.71. The quantitative estimate of drug-likeness (QED) is 0.450. The number of nitrogens with zero attached hydrogens (tertiary/aromatic N) is 1. The predicted octanol–water partition coefficient (Wildman–Crippen LogP) is 0.801. The summed E-state index contributed by atoms with van der Waals surface area (Å²) >= 11 is 0. The van der Waals surface area contributed by atoms with Crippen molar-refractivity contribution in [3.05, 3.63) is 10.1 Å². The summed E-state index contributed by atoms with van der Waals surface area (Å²) in [5.74, 6) is -0.914. The van der Waals surface area contributed by atoms with Crippen LogP contribution in [0.3, 0.4) is 0 Å². The third-order valence-electron chi connectivity index (χ3n) is 5.12. The van der Waals surface area contributed by atoms with E-state index in [0.717, 1.165) is 19.3 Å². The van der Waals surface area contributed by atoms with Gasteiger partial charge in [-0.15, -0.1) is 0 Å². The average Bonchev–Trinajstić information content (AvgIpc) is 2.23. The third kappa shape index (κ3) is 2.14. The number of rotatable bonds is 4. The Bertz CT molecular complexity index is 426. The average molecular weight is 282 g/mol. The number of carbonyl (C=O) groups is 2. The summed E-state index contributed by atoms with van der Waals surface area (Å²) < 4.78 is 0. The van der Waals surface area contributed by atoms with E-state index in [0.29, 0.717) is 17.8 Å². The van der Waals surface area contributed by atoms with E-state index >= 15 is 0 Å². The van der Waals surface area contributed by atoms with Gasteiger partial charge in [0.1, 0.15) is 0 Å². The van der Waals surface area contributed by atoms with Crippen molar-refractivity contribution < 1.29 is 19.6 Å². The summed E-state index contributed by atoms with van der Waals surface area (Å²) in [6, 6.07) is -2.19. The second kappa shape index (κ2) is 4.43. The minimum Gasteiger partial charge on any atom is -0.476 e. The van der Waals surface area contributed by atoms with Gasteiger partial charge >= 0.3 is 17.9 Å². The van der Waals surface area contributed by atoms with Crippen molar-refractivity contribution in [1.29, 1.82) is 0 Å². The first kappa shape index (κ1) is 13.3. The second-order valence-electron chi connectivity index (χ2n) is 6.71. The molecule has 20 heavy (non-hydrogen) atoms. The molecule has 7 heteroatoms. The van der Waals surface area contributed by atoms with Crippen molar-refractivity contribution in [3.8, 4) is 0 Å². The summed E-state index contributed by atoms with van der Waals surface area (Å²) in [7, 11) is 0. The maximum Gasteiger partial charge on any atom is 0.389 e. The number of carboxylic acids is 1. The Kier molecular flexibility index (Phi) is 2.95. The van der Waals surface area contributed by atoms with E-state index in [1.807, 2.05) is 0 Å². The van der Waals surface area contributed by atoms with Gasteiger partial charge in [-0.2, -0.15) is 0 Å². The maximum absolute atomic E-state index is 12.0. The Morgan fingerprint density at radius 2 is 1.60 bits per heavy atom. The van der Waals surface area contributed by atoms with Crippen LogP contribution in [0.1, 0.15) is 38.5 Å². The van der Waals surface area contributed by atoms with E-state index in [1.165, 1.54) is 19.3 Å². The first-order chi connectivity index (χ1) is 9.38. The monoisotopic (exact) mass is 282 g/mol. The fraction of sp³-hybridized carbons (Fsp3) is 0.846. The number of amides is 1. The van der Waals surface area contributed by atoms with Crippen LogP contribution in [-0.2, 0) is 9.59 Å². The lowest BCUT2D eigenvalue weighted by Gasteiger charge is -2.56. The highest BCUT2D eigenvalue weighted by Crippen LogP contribution is 2.55. The van der Waals surface area contributed by atoms with Crippen molar-refractivity contribution >= 4 is 11.9 Å². The molecule has 0 aromatic heterocycles. The number of carbonyl (C=O) groups excluding carboxylic acids is 1. The summed E-state index contributed by atoms with van der Waals surface area (Å²) in [5.41, 5.74) is -0.393. The lowest BCUT2D eigenvalue weighted by Crippen LogP contribution is -2.62. The van der Waals surface area contributed by atoms with Gasteiger partial charge in [0.05, 0.1) is 0 Å². The molecule has 0 aromatic carbocycles. The van der Waals surface area contributed by atoms with Crippen LogP contribution in [0, 0.1) is 27.9 Å². The van der Waals surface area contributed by atoms with Gasteiger partial charge in [-0.3, -0.25) is 14.9 Å². The molecule has 0 aliphatic heterocycles. The lowest BCUT2D eigenvalue weighted by molar-refractivity contribution is -0.496. The standard InChI is InChI=1S/C13H18N2O5/c16-11(10(12(17)18)15(19)20)14-13-4-7-1-8(5-13)3-9(2-7)6-13/h7-10H,1-6H2,(H,14,16)(H,17,18). The Balaban J connectivity index is 1.75. The largest absolute Gasteiger partial charge is 0.476 e. The molecular formula is C13H18N2O5. The van der Waals surface area contributed by atoms with E-state index in [9.17, 15) is 19.7 Å². The van der Waals surface area contributed by atoms with Gasteiger partial charge in [0, 0.05) is 10.5 Å². The zero-order valence-electron chi connectivity index (χ0n) is 11.1. The van der Waals surface area contributed by atoms with Crippen molar-refractivity contribution in [3.63, 3.8) is 0 Å². The fourth-order valence-electron chi connectivity index (χ4n) is 4.89. The number of carboxylic acid groups (broad SMARTS) is 1. The molecule has 0 spiro atoms. The molecular weight excluding hydrogens is 264 g/mol. The molecule has 2 N–H and O–H groups in total. The summed E-state index contributed by atoms with van der Waals surface area (Å²) in [4.78, 5) is 32.5. The topological polar surface area (TPSA) is 110 Å². The molecule has 4 aliphatic carbocycles. The van der Waals surface area contributed by atoms with Crippen LogP contribution in [-0.4, -0.2) is 33.5 Å². The zero-order chi connectivity index (χ0) is 14.5. The summed E-state index contributed by atoms with van der Waals surface area (Å²) in [6.07, 6.45) is 6.09. The minimum absolute atomic E-state index is 0.393. The van der Waals surface area contributed by atoms with Crippen LogP contribution in [0.15, 0.2) is 0 Å². The van der Waals surface area contributed by atoms with E-state index in [4.69, 9.17) is 5.11 Å². The van der Waals surface area contributed by atoms with Gasteiger partial charge in [0.25, 0.3) is 0 Å². The SMILES string of the molecule is O=C(O)C(C(=O)NC12CC3CC(CC(C3)C1)C2)[N+](=O)[O-]. The Morgan fingerprint density at radius 3 is 1.95 bits per heavy atom. The van der Waals surface area contributed by atoms with Gasteiger partial charge < -0.3 is 10.4 Å². The molecule has 7 nitrogen and oxygen atoms in total. The maximum atomic E-state index is 12.0. The van der Waals surface area contributed by atoms with Gasteiger partial charge in [-0.1, -0.05) is 0 Å². The molecule has 110 valence electrons. The Hall–Kier alpha value is -1.66. The van der Waals surface area contributed by atoms with Crippen molar-refractivity contribution in [1.82, 2.24) is 5.32 Å². The number of hydrogen-bond acceptors (Lipinski definition) is 4. The number of hydrogen-bond donors (Lipinski definition) is 2. The normalized spacial score (nSPS) is 39.3.